The quantitative estimate of drug-likeness (QED) is 0.738. The molecule has 1 aliphatic rings. The standard InChI is InChI=1S/C13H13NS/c1-9-2-7-13(15-9)12-6-5-11(8-14-12)10-3-4-10/h2,5-8,10H,3-4H2,1H3. The van der Waals surface area contributed by atoms with Crippen LogP contribution in [0.15, 0.2) is 30.5 Å². The predicted octanol–water partition coefficient (Wildman–Crippen LogP) is 4.00. The normalized spacial score (nSPS) is 15.5. The Morgan fingerprint density at radius 2 is 2.07 bits per heavy atom. The van der Waals surface area contributed by atoms with Crippen molar-refractivity contribution in [3.8, 4) is 10.6 Å². The topological polar surface area (TPSA) is 12.9 Å². The lowest BCUT2D eigenvalue weighted by Gasteiger charge is -1.99. The van der Waals surface area contributed by atoms with E-state index in [4.69, 9.17) is 0 Å². The molecule has 2 heterocycles. The van der Waals surface area contributed by atoms with Crippen molar-refractivity contribution in [1.82, 2.24) is 4.98 Å². The van der Waals surface area contributed by atoms with E-state index in [-0.39, 0.29) is 0 Å². The van der Waals surface area contributed by atoms with Gasteiger partial charge in [0.25, 0.3) is 0 Å². The van der Waals surface area contributed by atoms with Crippen molar-refractivity contribution in [3.05, 3.63) is 40.9 Å². The Kier molecular flexibility index (Phi) is 2.10. The molecule has 0 amide bonds. The smallest absolute Gasteiger partial charge is 0.0801 e. The lowest BCUT2D eigenvalue weighted by atomic mass is 10.2. The molecular formula is C13H13NS. The van der Waals surface area contributed by atoms with E-state index in [0.717, 1.165) is 11.6 Å². The van der Waals surface area contributed by atoms with Crippen molar-refractivity contribution in [3.63, 3.8) is 0 Å². The molecule has 0 saturated heterocycles. The van der Waals surface area contributed by atoms with E-state index in [1.165, 1.54) is 28.2 Å². The predicted molar refractivity (Wildman–Crippen MR) is 64.3 cm³/mol. The third-order valence-electron chi connectivity index (χ3n) is 2.83. The zero-order chi connectivity index (χ0) is 10.3. The highest BCUT2D eigenvalue weighted by atomic mass is 32.1. The first-order chi connectivity index (χ1) is 7.33. The minimum atomic E-state index is 0.802. The zero-order valence-corrected chi connectivity index (χ0v) is 9.55. The Bertz CT molecular complexity index is 466. The largest absolute Gasteiger partial charge is 0.255 e. The second kappa shape index (κ2) is 3.46. The number of nitrogens with zero attached hydrogens (tertiary/aromatic N) is 1. The first kappa shape index (κ1) is 9.10. The number of aromatic nitrogens is 1. The summed E-state index contributed by atoms with van der Waals surface area (Å²) in [4.78, 5) is 7.15. The van der Waals surface area contributed by atoms with Crippen molar-refractivity contribution in [2.24, 2.45) is 0 Å². The third kappa shape index (κ3) is 1.82. The SMILES string of the molecule is Cc1ccc(-c2ccc(C3CC3)cn2)s1. The highest BCUT2D eigenvalue weighted by Gasteiger charge is 2.23. The molecule has 3 rings (SSSR count). The number of aryl methyl sites for hydroxylation is 1. The van der Waals surface area contributed by atoms with Gasteiger partial charge in [-0.25, -0.2) is 0 Å². The van der Waals surface area contributed by atoms with Crippen LogP contribution in [0.4, 0.5) is 0 Å². The van der Waals surface area contributed by atoms with Gasteiger partial charge in [-0.2, -0.15) is 0 Å². The Hall–Kier alpha value is -1.15. The number of hydrogen-bond acceptors (Lipinski definition) is 2. The van der Waals surface area contributed by atoms with Gasteiger partial charge in [-0.3, -0.25) is 4.98 Å². The Labute approximate surface area is 93.8 Å². The summed E-state index contributed by atoms with van der Waals surface area (Å²) in [5.74, 6) is 0.802. The number of rotatable bonds is 2. The van der Waals surface area contributed by atoms with Crippen LogP contribution < -0.4 is 0 Å². The molecule has 1 saturated carbocycles. The van der Waals surface area contributed by atoms with Crippen LogP contribution in [0, 0.1) is 6.92 Å². The van der Waals surface area contributed by atoms with Crippen LogP contribution in [0.5, 0.6) is 0 Å². The van der Waals surface area contributed by atoms with Gasteiger partial charge in [-0.15, -0.1) is 11.3 Å². The maximum absolute atomic E-state index is 4.53. The molecule has 0 spiro atoms. The monoisotopic (exact) mass is 215 g/mol. The highest BCUT2D eigenvalue weighted by Crippen LogP contribution is 2.40. The van der Waals surface area contributed by atoms with Gasteiger partial charge < -0.3 is 0 Å². The van der Waals surface area contributed by atoms with Crippen molar-refractivity contribution in [2.75, 3.05) is 0 Å². The van der Waals surface area contributed by atoms with Crippen LogP contribution in [0.3, 0.4) is 0 Å². The molecule has 0 radical (unpaired) electrons. The zero-order valence-electron chi connectivity index (χ0n) is 8.73. The average molecular weight is 215 g/mol. The van der Waals surface area contributed by atoms with Gasteiger partial charge in [0.2, 0.25) is 0 Å². The number of pyridine rings is 1. The van der Waals surface area contributed by atoms with Gasteiger partial charge in [-0.05, 0) is 49.4 Å². The van der Waals surface area contributed by atoms with Gasteiger partial charge in [0.05, 0.1) is 10.6 Å². The Balaban J connectivity index is 1.92. The van der Waals surface area contributed by atoms with E-state index in [9.17, 15) is 0 Å². The third-order valence-corrected chi connectivity index (χ3v) is 3.85. The molecule has 2 heteroatoms. The Morgan fingerprint density at radius 1 is 1.20 bits per heavy atom. The summed E-state index contributed by atoms with van der Waals surface area (Å²) in [5.41, 5.74) is 2.52. The molecule has 0 aromatic carbocycles. The fraction of sp³-hybridized carbons (Fsp3) is 0.308. The lowest BCUT2D eigenvalue weighted by Crippen LogP contribution is -1.83. The first-order valence-electron chi connectivity index (χ1n) is 5.36. The second-order valence-electron chi connectivity index (χ2n) is 4.16. The van der Waals surface area contributed by atoms with Crippen LogP contribution in [-0.2, 0) is 0 Å². The molecule has 0 atom stereocenters. The molecule has 0 unspecified atom stereocenters. The van der Waals surface area contributed by atoms with Crippen molar-refractivity contribution >= 4 is 11.3 Å². The molecule has 1 aliphatic carbocycles. The van der Waals surface area contributed by atoms with E-state index in [1.807, 2.05) is 17.5 Å². The van der Waals surface area contributed by atoms with Crippen LogP contribution >= 0.6 is 11.3 Å². The minimum Gasteiger partial charge on any atom is -0.255 e. The Morgan fingerprint density at radius 3 is 2.60 bits per heavy atom. The van der Waals surface area contributed by atoms with E-state index in [1.54, 1.807) is 0 Å². The van der Waals surface area contributed by atoms with Gasteiger partial charge in [-0.1, -0.05) is 6.07 Å². The fourth-order valence-electron chi connectivity index (χ4n) is 1.78. The summed E-state index contributed by atoms with van der Waals surface area (Å²) >= 11 is 1.81. The van der Waals surface area contributed by atoms with Gasteiger partial charge in [0, 0.05) is 11.1 Å². The van der Waals surface area contributed by atoms with E-state index < -0.39 is 0 Å². The molecule has 15 heavy (non-hydrogen) atoms. The van der Waals surface area contributed by atoms with Crippen molar-refractivity contribution in [1.29, 1.82) is 0 Å². The molecule has 2 aromatic rings. The van der Waals surface area contributed by atoms with Crippen LogP contribution in [0.1, 0.15) is 29.2 Å². The highest BCUT2D eigenvalue weighted by molar-refractivity contribution is 7.15. The van der Waals surface area contributed by atoms with Gasteiger partial charge >= 0.3 is 0 Å². The van der Waals surface area contributed by atoms with Crippen LogP contribution in [-0.4, -0.2) is 4.98 Å². The molecule has 0 aliphatic heterocycles. The van der Waals surface area contributed by atoms with E-state index >= 15 is 0 Å². The molecule has 76 valence electrons. The lowest BCUT2D eigenvalue weighted by molar-refractivity contribution is 1.10. The average Bonchev–Trinajstić information content (AvgIpc) is 3.02. The first-order valence-corrected chi connectivity index (χ1v) is 6.17. The van der Waals surface area contributed by atoms with Gasteiger partial charge in [0.1, 0.15) is 0 Å². The molecule has 1 nitrogen and oxygen atoms in total. The molecule has 0 bridgehead atoms. The van der Waals surface area contributed by atoms with Crippen LogP contribution in [0.25, 0.3) is 10.6 Å². The molecule has 1 fully saturated rings. The number of thiophene rings is 1. The summed E-state index contributed by atoms with van der Waals surface area (Å²) in [6, 6.07) is 8.68. The summed E-state index contributed by atoms with van der Waals surface area (Å²) in [5, 5.41) is 0. The summed E-state index contributed by atoms with van der Waals surface area (Å²) in [6.07, 6.45) is 4.74. The fourth-order valence-corrected chi connectivity index (χ4v) is 2.63. The van der Waals surface area contributed by atoms with E-state index in [0.29, 0.717) is 0 Å². The second-order valence-corrected chi connectivity index (χ2v) is 5.45. The maximum Gasteiger partial charge on any atom is 0.0801 e. The van der Waals surface area contributed by atoms with E-state index in [2.05, 4.69) is 36.2 Å². The number of hydrogen-bond donors (Lipinski definition) is 0. The minimum absolute atomic E-state index is 0.802. The molecule has 2 aromatic heterocycles. The summed E-state index contributed by atoms with van der Waals surface area (Å²) < 4.78 is 0. The summed E-state index contributed by atoms with van der Waals surface area (Å²) in [7, 11) is 0. The molecular weight excluding hydrogens is 202 g/mol. The van der Waals surface area contributed by atoms with Crippen molar-refractivity contribution in [2.45, 2.75) is 25.7 Å². The summed E-state index contributed by atoms with van der Waals surface area (Å²) in [6.45, 7) is 2.13. The van der Waals surface area contributed by atoms with Crippen molar-refractivity contribution < 1.29 is 0 Å². The van der Waals surface area contributed by atoms with Crippen LogP contribution in [0.2, 0.25) is 0 Å². The maximum atomic E-state index is 4.53. The van der Waals surface area contributed by atoms with Gasteiger partial charge in [0.15, 0.2) is 0 Å². The molecule has 0 N–H and O–H groups in total.